The molecule has 0 fully saturated rings. The first-order valence-electron chi connectivity index (χ1n) is 4.79. The predicted molar refractivity (Wildman–Crippen MR) is 58.8 cm³/mol. The summed E-state index contributed by atoms with van der Waals surface area (Å²) in [5, 5.41) is 12.7. The first-order valence-corrected chi connectivity index (χ1v) is 5.60. The van der Waals surface area contributed by atoms with E-state index < -0.39 is 17.3 Å². The number of nitrogens with two attached hydrogens (primary N) is 1. The summed E-state index contributed by atoms with van der Waals surface area (Å²) in [6, 6.07) is 0. The Bertz CT molecular complexity index is 562. The van der Waals surface area contributed by atoms with Crippen LogP contribution in [-0.4, -0.2) is 19.9 Å². The zero-order chi connectivity index (χ0) is 13.5. The molecular weight excluding hydrogens is 269 g/mol. The lowest BCUT2D eigenvalue weighted by Crippen LogP contribution is -2.04. The van der Waals surface area contributed by atoms with Gasteiger partial charge in [0, 0.05) is 18.8 Å². The molecule has 9 heteroatoms. The quantitative estimate of drug-likeness (QED) is 0.874. The number of hydrogen-bond donors (Lipinski definition) is 2. The molecule has 0 aliphatic rings. The summed E-state index contributed by atoms with van der Waals surface area (Å²) in [4.78, 5) is 3.31. The number of aryl methyl sites for hydroxylation is 1. The Morgan fingerprint density at radius 3 is 2.56 bits per heavy atom. The fraction of sp³-hybridized carbons (Fsp3) is 0.333. The predicted octanol–water partition coefficient (Wildman–Crippen LogP) is 1.56. The highest BCUT2D eigenvalue weighted by Crippen LogP contribution is 2.36. The van der Waals surface area contributed by atoms with Crippen LogP contribution in [0.3, 0.4) is 0 Å². The second-order valence-corrected chi connectivity index (χ2v) is 4.64. The van der Waals surface area contributed by atoms with Gasteiger partial charge in [0.2, 0.25) is 0 Å². The number of alkyl halides is 3. The number of hydrogen-bond acceptors (Lipinski definition) is 5. The number of halogens is 3. The third-order valence-electron chi connectivity index (χ3n) is 2.34. The third-order valence-corrected chi connectivity index (χ3v) is 3.44. The highest BCUT2D eigenvalue weighted by atomic mass is 32.1. The topological polar surface area (TPSA) is 77.0 Å². The van der Waals surface area contributed by atoms with E-state index >= 15 is 0 Å². The number of nitrogens with zero attached hydrogens (tertiary/aromatic N) is 3. The first kappa shape index (κ1) is 12.8. The molecule has 1 atom stereocenters. The normalized spacial score (nSPS) is 13.8. The molecule has 0 bridgehead atoms. The van der Waals surface area contributed by atoms with E-state index in [1.54, 1.807) is 7.05 Å². The average molecular weight is 278 g/mol. The van der Waals surface area contributed by atoms with Gasteiger partial charge in [-0.3, -0.25) is 4.68 Å². The molecule has 5 nitrogen and oxygen atoms in total. The minimum Gasteiger partial charge on any atom is -0.384 e. The molecule has 0 aliphatic heterocycles. The van der Waals surface area contributed by atoms with Gasteiger partial charge in [0.25, 0.3) is 0 Å². The second kappa shape index (κ2) is 4.25. The maximum atomic E-state index is 12.4. The fourth-order valence-corrected chi connectivity index (χ4v) is 2.16. The molecule has 0 aromatic carbocycles. The number of aromatic nitrogens is 3. The summed E-state index contributed by atoms with van der Waals surface area (Å²) in [6.45, 7) is 0. The van der Waals surface area contributed by atoms with Crippen LogP contribution in [0.5, 0.6) is 0 Å². The SMILES string of the molecule is Cn1ncc(C(O)c2cnc(C(F)(F)F)s2)c1N. The van der Waals surface area contributed by atoms with E-state index in [4.69, 9.17) is 5.73 Å². The van der Waals surface area contributed by atoms with Gasteiger partial charge in [0.15, 0.2) is 5.01 Å². The second-order valence-electron chi connectivity index (χ2n) is 3.58. The molecule has 2 rings (SSSR count). The molecule has 0 aliphatic carbocycles. The molecule has 2 heterocycles. The van der Waals surface area contributed by atoms with E-state index in [0.717, 1.165) is 6.20 Å². The summed E-state index contributed by atoms with van der Waals surface area (Å²) in [5.41, 5.74) is 5.90. The van der Waals surface area contributed by atoms with Crippen molar-refractivity contribution in [1.29, 1.82) is 0 Å². The number of thiazole rings is 1. The van der Waals surface area contributed by atoms with E-state index in [0.29, 0.717) is 11.3 Å². The lowest BCUT2D eigenvalue weighted by Gasteiger charge is -2.06. The van der Waals surface area contributed by atoms with Crippen LogP contribution in [0.2, 0.25) is 0 Å². The lowest BCUT2D eigenvalue weighted by atomic mass is 10.2. The van der Waals surface area contributed by atoms with Crippen molar-refractivity contribution in [2.24, 2.45) is 7.05 Å². The molecule has 2 aromatic rings. The molecule has 1 unspecified atom stereocenters. The Labute approximate surface area is 104 Å². The van der Waals surface area contributed by atoms with Crippen LogP contribution in [-0.2, 0) is 13.2 Å². The fourth-order valence-electron chi connectivity index (χ4n) is 1.37. The van der Waals surface area contributed by atoms with Crippen LogP contribution in [0.1, 0.15) is 21.6 Å². The van der Waals surface area contributed by atoms with Gasteiger partial charge < -0.3 is 10.8 Å². The van der Waals surface area contributed by atoms with Gasteiger partial charge in [-0.15, -0.1) is 11.3 Å². The van der Waals surface area contributed by atoms with Crippen molar-refractivity contribution in [1.82, 2.24) is 14.8 Å². The smallest absolute Gasteiger partial charge is 0.384 e. The molecule has 98 valence electrons. The van der Waals surface area contributed by atoms with Crippen molar-refractivity contribution in [3.63, 3.8) is 0 Å². The van der Waals surface area contributed by atoms with Crippen molar-refractivity contribution in [3.05, 3.63) is 27.8 Å². The van der Waals surface area contributed by atoms with E-state index in [1.807, 2.05) is 0 Å². The van der Waals surface area contributed by atoms with Crippen molar-refractivity contribution >= 4 is 17.2 Å². The zero-order valence-electron chi connectivity index (χ0n) is 9.14. The number of aliphatic hydroxyl groups is 1. The first-order chi connectivity index (χ1) is 8.30. The minimum absolute atomic E-state index is 0.0713. The van der Waals surface area contributed by atoms with E-state index in [1.165, 1.54) is 10.9 Å². The van der Waals surface area contributed by atoms with Crippen molar-refractivity contribution < 1.29 is 18.3 Å². The Morgan fingerprint density at radius 1 is 1.44 bits per heavy atom. The molecule has 0 spiro atoms. The highest BCUT2D eigenvalue weighted by Gasteiger charge is 2.35. The van der Waals surface area contributed by atoms with E-state index in [9.17, 15) is 18.3 Å². The Hall–Kier alpha value is -1.61. The molecule has 2 aromatic heterocycles. The van der Waals surface area contributed by atoms with Crippen LogP contribution in [0.4, 0.5) is 19.0 Å². The van der Waals surface area contributed by atoms with Gasteiger partial charge in [0.1, 0.15) is 11.9 Å². The van der Waals surface area contributed by atoms with Gasteiger partial charge in [-0.25, -0.2) is 4.98 Å². The van der Waals surface area contributed by atoms with Crippen LogP contribution >= 0.6 is 11.3 Å². The van der Waals surface area contributed by atoms with Crippen molar-refractivity contribution in [2.75, 3.05) is 5.73 Å². The average Bonchev–Trinajstić information content (AvgIpc) is 2.86. The maximum Gasteiger partial charge on any atom is 0.443 e. The van der Waals surface area contributed by atoms with Crippen molar-refractivity contribution in [2.45, 2.75) is 12.3 Å². The minimum atomic E-state index is -4.51. The highest BCUT2D eigenvalue weighted by molar-refractivity contribution is 7.11. The summed E-state index contributed by atoms with van der Waals surface area (Å²) >= 11 is 0.382. The Kier molecular flexibility index (Phi) is 3.03. The van der Waals surface area contributed by atoms with Gasteiger partial charge in [-0.1, -0.05) is 0 Å². The number of rotatable bonds is 2. The number of anilines is 1. The van der Waals surface area contributed by atoms with E-state index in [-0.39, 0.29) is 16.3 Å². The number of nitrogen functional groups attached to an aromatic ring is 1. The molecule has 3 N–H and O–H groups in total. The van der Waals surface area contributed by atoms with Crippen molar-refractivity contribution in [3.8, 4) is 0 Å². The lowest BCUT2D eigenvalue weighted by molar-refractivity contribution is -0.137. The molecule has 0 saturated heterocycles. The Balaban J connectivity index is 2.32. The maximum absolute atomic E-state index is 12.4. The van der Waals surface area contributed by atoms with Crippen LogP contribution < -0.4 is 5.73 Å². The van der Waals surface area contributed by atoms with Crippen LogP contribution in [0, 0.1) is 0 Å². The van der Waals surface area contributed by atoms with Gasteiger partial charge in [-0.05, 0) is 0 Å². The monoisotopic (exact) mass is 278 g/mol. The number of aliphatic hydroxyl groups excluding tert-OH is 1. The summed E-state index contributed by atoms with van der Waals surface area (Å²) < 4.78 is 38.5. The third kappa shape index (κ3) is 2.18. The van der Waals surface area contributed by atoms with E-state index in [2.05, 4.69) is 10.1 Å². The zero-order valence-corrected chi connectivity index (χ0v) is 9.96. The molecule has 18 heavy (non-hydrogen) atoms. The standard InChI is InChI=1S/C9H9F3N4OS/c1-16-7(13)4(2-15-16)6(17)5-3-14-8(18-5)9(10,11)12/h2-3,6,17H,13H2,1H3. The van der Waals surface area contributed by atoms with Crippen LogP contribution in [0.15, 0.2) is 12.4 Å². The van der Waals surface area contributed by atoms with Gasteiger partial charge in [-0.2, -0.15) is 18.3 Å². The molecule has 0 radical (unpaired) electrons. The van der Waals surface area contributed by atoms with Gasteiger partial charge >= 0.3 is 6.18 Å². The van der Waals surface area contributed by atoms with Crippen LogP contribution in [0.25, 0.3) is 0 Å². The molecule has 0 saturated carbocycles. The summed E-state index contributed by atoms with van der Waals surface area (Å²) in [5.74, 6) is 0.199. The summed E-state index contributed by atoms with van der Waals surface area (Å²) in [6.07, 6.45) is -3.46. The summed E-state index contributed by atoms with van der Waals surface area (Å²) in [7, 11) is 1.57. The molecular formula is C9H9F3N4OS. The largest absolute Gasteiger partial charge is 0.443 e. The molecule has 0 amide bonds. The Morgan fingerprint density at radius 2 is 2.11 bits per heavy atom. The van der Waals surface area contributed by atoms with Gasteiger partial charge in [0.05, 0.1) is 11.1 Å².